The van der Waals surface area contributed by atoms with E-state index in [4.69, 9.17) is 31.2 Å². The number of nitrogens with zero attached hydrogens (tertiary/aromatic N) is 1. The molecule has 166 valence electrons. The molecular weight excluding hydrogens is 458 g/mol. The molecule has 2 heterocycles. The molecule has 0 spiro atoms. The van der Waals surface area contributed by atoms with Crippen LogP contribution in [0.15, 0.2) is 77.7 Å². The largest absolute Gasteiger partial charge is 0.490 e. The van der Waals surface area contributed by atoms with E-state index < -0.39 is 0 Å². The fourth-order valence-corrected chi connectivity index (χ4v) is 4.69. The lowest BCUT2D eigenvalue weighted by atomic mass is 10.2. The first-order chi connectivity index (χ1) is 16.2. The second-order valence-corrected chi connectivity index (χ2v) is 8.81. The van der Waals surface area contributed by atoms with E-state index in [1.54, 1.807) is 18.2 Å². The number of rotatable bonds is 7. The Morgan fingerprint density at radius 2 is 1.67 bits per heavy atom. The van der Waals surface area contributed by atoms with Gasteiger partial charge in [-0.2, -0.15) is 0 Å². The fraction of sp³-hybridized carbons (Fsp3) is 0.120. The van der Waals surface area contributed by atoms with Gasteiger partial charge in [-0.1, -0.05) is 54.3 Å². The van der Waals surface area contributed by atoms with Gasteiger partial charge in [-0.15, -0.1) is 0 Å². The van der Waals surface area contributed by atoms with E-state index in [0.717, 1.165) is 11.3 Å². The number of anilines is 1. The number of amides is 1. The highest BCUT2D eigenvalue weighted by molar-refractivity contribution is 8.27. The summed E-state index contributed by atoms with van der Waals surface area (Å²) < 4.78 is 22.7. The average Bonchev–Trinajstić information content (AvgIpc) is 3.41. The maximum atomic E-state index is 13.1. The van der Waals surface area contributed by atoms with Crippen molar-refractivity contribution in [2.75, 3.05) is 24.9 Å². The second kappa shape index (κ2) is 9.56. The van der Waals surface area contributed by atoms with Crippen molar-refractivity contribution in [3.8, 4) is 23.0 Å². The van der Waals surface area contributed by atoms with Crippen LogP contribution >= 0.6 is 24.0 Å². The van der Waals surface area contributed by atoms with Crippen LogP contribution in [0.3, 0.4) is 0 Å². The summed E-state index contributed by atoms with van der Waals surface area (Å²) in [6.07, 6.45) is 1.82. The molecule has 1 amide bonds. The van der Waals surface area contributed by atoms with Crippen molar-refractivity contribution in [3.63, 3.8) is 0 Å². The van der Waals surface area contributed by atoms with E-state index in [1.165, 1.54) is 16.7 Å². The lowest BCUT2D eigenvalue weighted by Crippen LogP contribution is -2.27. The van der Waals surface area contributed by atoms with Gasteiger partial charge in [0.25, 0.3) is 5.91 Å². The van der Waals surface area contributed by atoms with E-state index >= 15 is 0 Å². The first kappa shape index (κ1) is 21.4. The summed E-state index contributed by atoms with van der Waals surface area (Å²) in [5.41, 5.74) is 1.50. The Morgan fingerprint density at radius 1 is 0.909 bits per heavy atom. The van der Waals surface area contributed by atoms with Crippen molar-refractivity contribution < 1.29 is 23.7 Å². The molecule has 3 aromatic carbocycles. The number of carbonyl (C=O) groups is 1. The van der Waals surface area contributed by atoms with Crippen LogP contribution in [-0.2, 0) is 4.79 Å². The molecule has 2 aliphatic heterocycles. The Kier molecular flexibility index (Phi) is 6.19. The molecule has 5 rings (SSSR count). The van der Waals surface area contributed by atoms with Gasteiger partial charge in [0.1, 0.15) is 24.7 Å². The molecule has 0 atom stereocenters. The van der Waals surface area contributed by atoms with E-state index in [9.17, 15) is 4.79 Å². The smallest absolute Gasteiger partial charge is 0.270 e. The van der Waals surface area contributed by atoms with Gasteiger partial charge >= 0.3 is 0 Å². The van der Waals surface area contributed by atoms with Gasteiger partial charge in [-0.05, 0) is 48.0 Å². The molecule has 6 nitrogen and oxygen atoms in total. The predicted octanol–water partition coefficient (Wildman–Crippen LogP) is 5.28. The van der Waals surface area contributed by atoms with Crippen LogP contribution in [0.25, 0.3) is 6.08 Å². The fourth-order valence-electron chi connectivity index (χ4n) is 3.40. The zero-order valence-electron chi connectivity index (χ0n) is 17.4. The molecule has 33 heavy (non-hydrogen) atoms. The highest BCUT2D eigenvalue weighted by atomic mass is 32.2. The SMILES string of the molecule is O=C1/C(=C/c2cccc(OCCOc3ccccc3)c2)SC(=S)N1c1ccc2c(c1)OCO2. The zero-order valence-corrected chi connectivity index (χ0v) is 19.1. The van der Waals surface area contributed by atoms with Crippen LogP contribution in [0.5, 0.6) is 23.0 Å². The minimum Gasteiger partial charge on any atom is -0.490 e. The molecule has 0 N–H and O–H groups in total. The summed E-state index contributed by atoms with van der Waals surface area (Å²) in [5.74, 6) is 2.59. The lowest BCUT2D eigenvalue weighted by molar-refractivity contribution is -0.113. The van der Waals surface area contributed by atoms with Crippen LogP contribution in [0.4, 0.5) is 5.69 Å². The van der Waals surface area contributed by atoms with Crippen LogP contribution in [-0.4, -0.2) is 30.2 Å². The standard InChI is InChI=1S/C25H19NO5S2/c27-24-23(33-25(32)26(24)18-9-10-21-22(15-18)31-16-30-21)14-17-5-4-8-20(13-17)29-12-11-28-19-6-2-1-3-7-19/h1-10,13-15H,11-12,16H2/b23-14-. The Balaban J connectivity index is 1.24. The van der Waals surface area contributed by atoms with Crippen LogP contribution in [0, 0.1) is 0 Å². The van der Waals surface area contributed by atoms with Crippen molar-refractivity contribution in [1.29, 1.82) is 0 Å². The molecule has 8 heteroatoms. The number of carbonyl (C=O) groups excluding carboxylic acids is 1. The van der Waals surface area contributed by atoms with Gasteiger partial charge in [0.05, 0.1) is 10.6 Å². The number of thiocarbonyl (C=S) groups is 1. The predicted molar refractivity (Wildman–Crippen MR) is 132 cm³/mol. The number of benzene rings is 3. The van der Waals surface area contributed by atoms with Gasteiger partial charge < -0.3 is 18.9 Å². The number of fused-ring (bicyclic) bond motifs is 1. The van der Waals surface area contributed by atoms with E-state index in [0.29, 0.717) is 45.4 Å². The van der Waals surface area contributed by atoms with Crippen molar-refractivity contribution in [1.82, 2.24) is 0 Å². The quantitative estimate of drug-likeness (QED) is 0.261. The zero-order chi connectivity index (χ0) is 22.6. The Morgan fingerprint density at radius 3 is 2.52 bits per heavy atom. The van der Waals surface area contributed by atoms with Crippen molar-refractivity contribution in [3.05, 3.63) is 83.3 Å². The third-order valence-electron chi connectivity index (χ3n) is 4.93. The van der Waals surface area contributed by atoms with E-state index in [1.807, 2.05) is 60.7 Å². The second-order valence-electron chi connectivity index (χ2n) is 7.14. The molecule has 0 bridgehead atoms. The molecule has 1 fully saturated rings. The first-order valence-corrected chi connectivity index (χ1v) is 11.5. The summed E-state index contributed by atoms with van der Waals surface area (Å²) in [4.78, 5) is 15.1. The van der Waals surface area contributed by atoms with Crippen molar-refractivity contribution >= 4 is 46.0 Å². The Labute approximate surface area is 200 Å². The van der Waals surface area contributed by atoms with Crippen LogP contribution < -0.4 is 23.8 Å². The molecule has 0 unspecified atom stereocenters. The summed E-state index contributed by atoms with van der Waals surface area (Å²) in [6, 6.07) is 22.5. The normalized spacial score (nSPS) is 15.9. The average molecular weight is 478 g/mol. The molecule has 3 aromatic rings. The summed E-state index contributed by atoms with van der Waals surface area (Å²) in [5, 5.41) is 0. The topological polar surface area (TPSA) is 57.2 Å². The van der Waals surface area contributed by atoms with Gasteiger partial charge in [0, 0.05) is 6.07 Å². The van der Waals surface area contributed by atoms with Gasteiger partial charge in [0.2, 0.25) is 6.79 Å². The number of thioether (sulfide) groups is 1. The van der Waals surface area contributed by atoms with Gasteiger partial charge in [-0.25, -0.2) is 0 Å². The summed E-state index contributed by atoms with van der Waals surface area (Å²) in [7, 11) is 0. The Bertz CT molecular complexity index is 1230. The molecule has 0 radical (unpaired) electrons. The summed E-state index contributed by atoms with van der Waals surface area (Å²) in [6.45, 7) is 1.01. The first-order valence-electron chi connectivity index (χ1n) is 10.3. The highest BCUT2D eigenvalue weighted by Gasteiger charge is 2.34. The molecule has 1 saturated heterocycles. The third kappa shape index (κ3) is 4.81. The number of hydrogen-bond donors (Lipinski definition) is 0. The lowest BCUT2D eigenvalue weighted by Gasteiger charge is -2.14. The van der Waals surface area contributed by atoms with Crippen molar-refractivity contribution in [2.24, 2.45) is 0 Å². The number of para-hydroxylation sites is 1. The number of ether oxygens (including phenoxy) is 4. The van der Waals surface area contributed by atoms with Crippen molar-refractivity contribution in [2.45, 2.75) is 0 Å². The monoisotopic (exact) mass is 477 g/mol. The highest BCUT2D eigenvalue weighted by Crippen LogP contribution is 2.40. The minimum absolute atomic E-state index is 0.174. The molecule has 0 aromatic heterocycles. The van der Waals surface area contributed by atoms with E-state index in [2.05, 4.69) is 0 Å². The van der Waals surface area contributed by atoms with Crippen LogP contribution in [0.1, 0.15) is 5.56 Å². The molecule has 0 saturated carbocycles. The summed E-state index contributed by atoms with van der Waals surface area (Å²) >= 11 is 6.74. The molecular formula is C25H19NO5S2. The molecule has 2 aliphatic rings. The van der Waals surface area contributed by atoms with Crippen LogP contribution in [0.2, 0.25) is 0 Å². The maximum Gasteiger partial charge on any atom is 0.270 e. The Hall–Kier alpha value is -3.49. The molecule has 0 aliphatic carbocycles. The minimum atomic E-state index is -0.175. The van der Waals surface area contributed by atoms with Gasteiger partial charge in [0.15, 0.2) is 15.8 Å². The third-order valence-corrected chi connectivity index (χ3v) is 6.23. The number of hydrogen-bond acceptors (Lipinski definition) is 7. The van der Waals surface area contributed by atoms with Gasteiger partial charge in [-0.3, -0.25) is 9.69 Å². The maximum absolute atomic E-state index is 13.1. The van der Waals surface area contributed by atoms with E-state index in [-0.39, 0.29) is 12.7 Å².